The average molecular weight is 381 g/mol. The Hall–Kier alpha value is -2.98. The molecule has 0 radical (unpaired) electrons. The van der Waals surface area contributed by atoms with Crippen molar-refractivity contribution in [1.82, 2.24) is 0 Å². The minimum Gasteiger partial charge on any atom is -0.496 e. The number of carboxylic acid groups (broad SMARTS) is 1. The summed E-state index contributed by atoms with van der Waals surface area (Å²) in [5.41, 5.74) is 4.26. The largest absolute Gasteiger partial charge is 0.496 e. The zero-order valence-electron chi connectivity index (χ0n) is 14.7. The van der Waals surface area contributed by atoms with Crippen molar-refractivity contribution in [3.63, 3.8) is 0 Å². The van der Waals surface area contributed by atoms with E-state index in [2.05, 4.69) is 0 Å². The topological polar surface area (TPSA) is 55.8 Å². The third kappa shape index (κ3) is 3.13. The maximum absolute atomic E-state index is 12.1. The number of halogens is 1. The summed E-state index contributed by atoms with van der Waals surface area (Å²) in [6, 6.07) is 16.7. The molecular formula is C22H17ClO4. The molecule has 0 unspecified atom stereocenters. The quantitative estimate of drug-likeness (QED) is 0.665. The van der Waals surface area contributed by atoms with Crippen LogP contribution in [-0.2, 0) is 6.42 Å². The number of aromatic carboxylic acids is 1. The van der Waals surface area contributed by atoms with E-state index >= 15 is 0 Å². The fourth-order valence-electron chi connectivity index (χ4n) is 3.50. The molecule has 0 saturated carbocycles. The standard InChI is InChI=1S/C22H17ClO4/c1-26-19-8-6-17(13-3-2-4-16(23)12-13)20(21(19)22(24)25)15-5-7-18-14(11-15)9-10-27-18/h2-8,11-12H,9-10H2,1H3,(H,24,25). The van der Waals surface area contributed by atoms with Crippen LogP contribution in [0, 0.1) is 0 Å². The van der Waals surface area contributed by atoms with E-state index < -0.39 is 5.97 Å². The number of ether oxygens (including phenoxy) is 2. The van der Waals surface area contributed by atoms with Gasteiger partial charge in [-0.2, -0.15) is 0 Å². The van der Waals surface area contributed by atoms with Gasteiger partial charge in [-0.25, -0.2) is 4.79 Å². The van der Waals surface area contributed by atoms with E-state index in [1.54, 1.807) is 12.1 Å². The second-order valence-electron chi connectivity index (χ2n) is 6.30. The van der Waals surface area contributed by atoms with Crippen LogP contribution in [0.1, 0.15) is 15.9 Å². The van der Waals surface area contributed by atoms with Crippen LogP contribution in [-0.4, -0.2) is 24.8 Å². The van der Waals surface area contributed by atoms with Gasteiger partial charge in [0.15, 0.2) is 0 Å². The van der Waals surface area contributed by atoms with Gasteiger partial charge in [0.1, 0.15) is 17.1 Å². The molecule has 4 nitrogen and oxygen atoms in total. The molecule has 0 amide bonds. The second kappa shape index (κ2) is 6.97. The van der Waals surface area contributed by atoms with E-state index in [0.717, 1.165) is 34.4 Å². The lowest BCUT2D eigenvalue weighted by molar-refractivity contribution is 0.0694. The highest BCUT2D eigenvalue weighted by Gasteiger charge is 2.23. The van der Waals surface area contributed by atoms with E-state index in [1.165, 1.54) is 7.11 Å². The molecule has 3 aromatic carbocycles. The SMILES string of the molecule is COc1ccc(-c2cccc(Cl)c2)c(-c2ccc3c(c2)CCO3)c1C(=O)O. The van der Waals surface area contributed by atoms with Gasteiger partial charge in [0.2, 0.25) is 0 Å². The van der Waals surface area contributed by atoms with E-state index in [0.29, 0.717) is 22.9 Å². The predicted octanol–water partition coefficient (Wildman–Crippen LogP) is 5.32. The summed E-state index contributed by atoms with van der Waals surface area (Å²) in [6.45, 7) is 0.643. The number of benzene rings is 3. The number of carbonyl (C=O) groups is 1. The molecule has 0 aliphatic carbocycles. The van der Waals surface area contributed by atoms with Crippen LogP contribution < -0.4 is 9.47 Å². The molecule has 0 bridgehead atoms. The molecule has 0 atom stereocenters. The van der Waals surface area contributed by atoms with Crippen LogP contribution in [0.4, 0.5) is 0 Å². The van der Waals surface area contributed by atoms with E-state index in [9.17, 15) is 9.90 Å². The van der Waals surface area contributed by atoms with Crippen LogP contribution in [0.3, 0.4) is 0 Å². The summed E-state index contributed by atoms with van der Waals surface area (Å²) in [6.07, 6.45) is 0.808. The van der Waals surface area contributed by atoms with Crippen molar-refractivity contribution in [1.29, 1.82) is 0 Å². The lowest BCUT2D eigenvalue weighted by Gasteiger charge is -2.17. The number of hydrogen-bond acceptors (Lipinski definition) is 3. The fourth-order valence-corrected chi connectivity index (χ4v) is 3.69. The molecule has 1 aliphatic rings. The van der Waals surface area contributed by atoms with Gasteiger partial charge in [0, 0.05) is 17.0 Å². The predicted molar refractivity (Wildman–Crippen MR) is 105 cm³/mol. The summed E-state index contributed by atoms with van der Waals surface area (Å²) >= 11 is 6.17. The van der Waals surface area contributed by atoms with Crippen molar-refractivity contribution in [2.24, 2.45) is 0 Å². The van der Waals surface area contributed by atoms with Crippen molar-refractivity contribution >= 4 is 17.6 Å². The highest BCUT2D eigenvalue weighted by Crippen LogP contribution is 2.41. The third-order valence-corrected chi connectivity index (χ3v) is 4.95. The van der Waals surface area contributed by atoms with Crippen LogP contribution in [0.25, 0.3) is 22.3 Å². The molecule has 0 saturated heterocycles. The van der Waals surface area contributed by atoms with E-state index in [-0.39, 0.29) is 5.56 Å². The van der Waals surface area contributed by atoms with Crippen molar-refractivity contribution in [2.75, 3.05) is 13.7 Å². The molecule has 5 heteroatoms. The van der Waals surface area contributed by atoms with Crippen LogP contribution in [0.5, 0.6) is 11.5 Å². The molecule has 136 valence electrons. The molecule has 4 rings (SSSR count). The maximum atomic E-state index is 12.1. The zero-order chi connectivity index (χ0) is 19.0. The minimum absolute atomic E-state index is 0.133. The Balaban J connectivity index is 2.03. The van der Waals surface area contributed by atoms with Gasteiger partial charge in [-0.1, -0.05) is 35.9 Å². The third-order valence-electron chi connectivity index (χ3n) is 4.71. The molecule has 0 spiro atoms. The Kier molecular flexibility index (Phi) is 4.50. The van der Waals surface area contributed by atoms with Gasteiger partial charge < -0.3 is 14.6 Å². The highest BCUT2D eigenvalue weighted by molar-refractivity contribution is 6.30. The van der Waals surface area contributed by atoms with Crippen molar-refractivity contribution in [3.05, 3.63) is 70.7 Å². The monoisotopic (exact) mass is 380 g/mol. The van der Waals surface area contributed by atoms with Gasteiger partial charge in [-0.15, -0.1) is 0 Å². The van der Waals surface area contributed by atoms with Crippen molar-refractivity contribution in [3.8, 4) is 33.8 Å². The highest BCUT2D eigenvalue weighted by atomic mass is 35.5. The molecule has 27 heavy (non-hydrogen) atoms. The number of rotatable bonds is 4. The van der Waals surface area contributed by atoms with E-state index in [1.807, 2.05) is 42.5 Å². The molecule has 0 fully saturated rings. The molecule has 1 heterocycles. The number of methoxy groups -OCH3 is 1. The first-order valence-electron chi connectivity index (χ1n) is 8.55. The normalized spacial score (nSPS) is 12.4. The van der Waals surface area contributed by atoms with Crippen LogP contribution >= 0.6 is 11.6 Å². The summed E-state index contributed by atoms with van der Waals surface area (Å²) in [5.74, 6) is 0.130. The van der Waals surface area contributed by atoms with E-state index in [4.69, 9.17) is 21.1 Å². The number of carboxylic acids is 1. The smallest absolute Gasteiger partial charge is 0.340 e. The maximum Gasteiger partial charge on any atom is 0.340 e. The summed E-state index contributed by atoms with van der Waals surface area (Å²) in [4.78, 5) is 12.1. The van der Waals surface area contributed by atoms with Gasteiger partial charge >= 0.3 is 5.97 Å². The molecule has 3 aromatic rings. The van der Waals surface area contributed by atoms with Gasteiger partial charge in [0.25, 0.3) is 0 Å². The molecule has 1 aliphatic heterocycles. The Morgan fingerprint density at radius 1 is 1.11 bits per heavy atom. The lowest BCUT2D eigenvalue weighted by atomic mass is 9.89. The average Bonchev–Trinajstić information content (AvgIpc) is 3.14. The first-order valence-corrected chi connectivity index (χ1v) is 8.92. The van der Waals surface area contributed by atoms with Crippen LogP contribution in [0.15, 0.2) is 54.6 Å². The van der Waals surface area contributed by atoms with Crippen molar-refractivity contribution in [2.45, 2.75) is 6.42 Å². The molecule has 0 aromatic heterocycles. The Morgan fingerprint density at radius 3 is 2.70 bits per heavy atom. The summed E-state index contributed by atoms with van der Waals surface area (Å²) < 4.78 is 10.9. The van der Waals surface area contributed by atoms with Gasteiger partial charge in [-0.05, 0) is 52.6 Å². The second-order valence-corrected chi connectivity index (χ2v) is 6.74. The first kappa shape index (κ1) is 17.4. The Labute approximate surface area is 161 Å². The molecule has 1 N–H and O–H groups in total. The lowest BCUT2D eigenvalue weighted by Crippen LogP contribution is -2.05. The molecular weight excluding hydrogens is 364 g/mol. The summed E-state index contributed by atoms with van der Waals surface area (Å²) in [7, 11) is 1.47. The first-order chi connectivity index (χ1) is 13.1. The number of fused-ring (bicyclic) bond motifs is 1. The Morgan fingerprint density at radius 2 is 1.96 bits per heavy atom. The zero-order valence-corrected chi connectivity index (χ0v) is 15.4. The van der Waals surface area contributed by atoms with Gasteiger partial charge in [-0.3, -0.25) is 0 Å². The minimum atomic E-state index is -1.04. The fraction of sp³-hybridized carbons (Fsp3) is 0.136. The van der Waals surface area contributed by atoms with Crippen LogP contribution in [0.2, 0.25) is 5.02 Å². The van der Waals surface area contributed by atoms with Gasteiger partial charge in [0.05, 0.1) is 13.7 Å². The van der Waals surface area contributed by atoms with Crippen molar-refractivity contribution < 1.29 is 19.4 Å². The summed E-state index contributed by atoms with van der Waals surface area (Å²) in [5, 5.41) is 10.5. The Bertz CT molecular complexity index is 1040. The number of hydrogen-bond donors (Lipinski definition) is 1.